The van der Waals surface area contributed by atoms with Crippen molar-refractivity contribution in [3.8, 4) is 107 Å². The zero-order valence-corrected chi connectivity index (χ0v) is 78.7. The summed E-state index contributed by atoms with van der Waals surface area (Å²) in [7, 11) is 0. The van der Waals surface area contributed by atoms with E-state index in [-0.39, 0.29) is 5.41 Å². The number of hydrogen-bond donors (Lipinski definition) is 0. The van der Waals surface area contributed by atoms with Gasteiger partial charge in [-0.05, 0) is 157 Å². The maximum absolute atomic E-state index is 6.77. The van der Waals surface area contributed by atoms with Gasteiger partial charge in [0.05, 0.1) is 94.6 Å². The summed E-state index contributed by atoms with van der Waals surface area (Å²) >= 11 is 0. The fourth-order valence-corrected chi connectivity index (χ4v) is 23.6. The monoisotopic (exact) mass is 1840 g/mol. The second-order valence-electron chi connectivity index (χ2n) is 38.1. The summed E-state index contributed by atoms with van der Waals surface area (Å²) in [6.45, 7) is 4.73. The summed E-state index contributed by atoms with van der Waals surface area (Å²) < 4.78 is 13.9. The van der Waals surface area contributed by atoms with E-state index in [1.165, 1.54) is 110 Å². The van der Waals surface area contributed by atoms with E-state index in [0.717, 1.165) is 156 Å². The van der Waals surface area contributed by atoms with Gasteiger partial charge < -0.3 is 18.1 Å². The summed E-state index contributed by atoms with van der Waals surface area (Å²) in [4.78, 5) is 31.3. The summed E-state index contributed by atoms with van der Waals surface area (Å²) in [5, 5.41) is 13.2. The van der Waals surface area contributed by atoms with Gasteiger partial charge in [0.25, 0.3) is 0 Å². The van der Waals surface area contributed by atoms with Crippen LogP contribution in [-0.4, -0.2) is 43.6 Å². The molecule has 10 heteroatoms. The molecule has 0 amide bonds. The van der Waals surface area contributed by atoms with E-state index in [4.69, 9.17) is 34.3 Å². The van der Waals surface area contributed by atoms with Crippen molar-refractivity contribution in [2.45, 2.75) is 24.7 Å². The average Bonchev–Trinajstić information content (AvgIpc) is 1.52. The van der Waals surface area contributed by atoms with Crippen LogP contribution in [0.25, 0.3) is 238 Å². The molecule has 144 heavy (non-hydrogen) atoms. The van der Waals surface area contributed by atoms with E-state index in [2.05, 4.69) is 464 Å². The lowest BCUT2D eigenvalue weighted by Crippen LogP contribution is -2.28. The van der Waals surface area contributed by atoms with Crippen LogP contribution in [0.1, 0.15) is 47.2 Å². The minimum atomic E-state index is -0.518. The highest BCUT2D eigenvalue weighted by atomic mass is 16.3. The van der Waals surface area contributed by atoms with Gasteiger partial charge in [0.2, 0.25) is 0 Å². The standard InChI is InChI=1S/C51H33N3.C42H25N3O.C41H29N3/c1-5-17-34(18-6-1)49-50(35-19-7-2-8-20-35)53-44-33-38(29-31-43(44)52-49)54-45-28-16-14-26-41(45)47-46(54)32-30-40-39-25-13-15-27-42(39)51(48(40)47,36-21-9-3-10-22-36)37-23-11-4-12-24-37;1-3-13-26(14-4-1)39-33-25-28(23-24-34(33)43-42(44-39)27-15-5-2-6-16-27)45-35-21-11-9-19-31(35)37-29-17-7-8-18-30(29)38-32-20-10-12-22-36(32)46-41(38)40(37)45;1-41(2)32-19-11-9-17-29(32)30-22-24-36-37(38(30)41)31-18-10-12-20-35(31)44(36)28-21-23-33-34(25-28)43-40(27-15-7-4-8-16-27)39(42-33)26-13-5-3-6-14-26/h1-33H;1-25H;3-25H,1-2H3. The molecule has 2 aliphatic carbocycles. The lowest BCUT2D eigenvalue weighted by Gasteiger charge is -2.34. The van der Waals surface area contributed by atoms with Gasteiger partial charge in [-0.3, -0.25) is 0 Å². The Kier molecular flexibility index (Phi) is 19.3. The Hall–Kier alpha value is -18.9. The van der Waals surface area contributed by atoms with Crippen molar-refractivity contribution in [3.63, 3.8) is 0 Å². The number of aromatic nitrogens is 9. The van der Waals surface area contributed by atoms with Crippen molar-refractivity contribution in [1.82, 2.24) is 43.6 Å². The summed E-state index contributed by atoms with van der Waals surface area (Å²) in [5.74, 6) is 0.715. The predicted octanol–water partition coefficient (Wildman–Crippen LogP) is 33.9. The molecule has 0 spiro atoms. The molecule has 0 fully saturated rings. The van der Waals surface area contributed by atoms with E-state index in [0.29, 0.717) is 5.82 Å². The smallest absolute Gasteiger partial charge is 0.160 e. The molecule has 674 valence electrons. The average molecular weight is 1840 g/mol. The van der Waals surface area contributed by atoms with Crippen molar-refractivity contribution in [2.75, 3.05) is 0 Å². The van der Waals surface area contributed by atoms with Crippen LogP contribution in [0.15, 0.2) is 496 Å². The minimum Gasteiger partial charge on any atom is -0.454 e. The Labute approximate surface area is 829 Å². The van der Waals surface area contributed by atoms with Crippen LogP contribution < -0.4 is 0 Å². The normalized spacial score (nSPS) is 12.8. The second-order valence-corrected chi connectivity index (χ2v) is 38.1. The summed E-state index contributed by atoms with van der Waals surface area (Å²) in [6.07, 6.45) is 0. The molecule has 0 radical (unpaired) electrons. The molecule has 2 aliphatic rings. The van der Waals surface area contributed by atoms with Crippen molar-refractivity contribution < 1.29 is 4.42 Å². The number of hydrogen-bond acceptors (Lipinski definition) is 7. The highest BCUT2D eigenvalue weighted by molar-refractivity contribution is 6.35. The Morgan fingerprint density at radius 3 is 1.06 bits per heavy atom. The summed E-state index contributed by atoms with van der Waals surface area (Å²) in [6, 6.07) is 174. The molecular weight excluding hydrogens is 1750 g/mol. The first kappa shape index (κ1) is 83.3. The first-order valence-electron chi connectivity index (χ1n) is 49.2. The van der Waals surface area contributed by atoms with E-state index >= 15 is 0 Å². The Morgan fingerprint density at radius 2 is 0.569 bits per heavy atom. The molecule has 0 unspecified atom stereocenters. The molecule has 0 saturated carbocycles. The fraction of sp³-hybridized carbons (Fsp3) is 0.0299. The first-order chi connectivity index (χ1) is 71.2. The SMILES string of the molecule is CC1(C)c2ccccc2-c2ccc3c(c21)c1ccccc1n3-c1ccc2nc(-c3ccccc3)c(-c3ccccc3)nc2c1.c1ccc(-c2nc(-c3ccccc3)c3cc(-n4c5ccccc5c5c6ccccc6c6c7ccccc7oc6c54)ccc3n2)cc1.c1ccc(-c2nc3ccc(-n4c5ccccc5c5c6c(ccc54)-c4ccccc4C6(c4ccccc4)c4ccccc4)cc3nc2-c2ccccc2)cc1. The maximum Gasteiger partial charge on any atom is 0.160 e. The Morgan fingerprint density at radius 1 is 0.215 bits per heavy atom. The molecule has 30 rings (SSSR count). The van der Waals surface area contributed by atoms with Crippen LogP contribution in [0, 0.1) is 0 Å². The third-order valence-corrected chi connectivity index (χ3v) is 29.8. The van der Waals surface area contributed by atoms with Gasteiger partial charge in [0.1, 0.15) is 5.58 Å². The number of benzene rings is 21. The van der Waals surface area contributed by atoms with Crippen molar-refractivity contribution in [2.24, 2.45) is 0 Å². The van der Waals surface area contributed by atoms with Crippen LogP contribution in [0.2, 0.25) is 0 Å². The quantitative estimate of drug-likeness (QED) is 0.127. The van der Waals surface area contributed by atoms with Crippen LogP contribution in [-0.2, 0) is 10.8 Å². The first-order valence-corrected chi connectivity index (χ1v) is 49.2. The maximum atomic E-state index is 6.77. The molecule has 0 N–H and O–H groups in total. The topological polar surface area (TPSA) is 105 Å². The lowest BCUT2D eigenvalue weighted by molar-refractivity contribution is 0.666. The zero-order chi connectivity index (χ0) is 95.2. The van der Waals surface area contributed by atoms with E-state index in [1.807, 2.05) is 54.6 Å². The van der Waals surface area contributed by atoms with Gasteiger partial charge >= 0.3 is 0 Å². The van der Waals surface area contributed by atoms with Crippen LogP contribution in [0.5, 0.6) is 0 Å². The second kappa shape index (κ2) is 33.5. The van der Waals surface area contributed by atoms with E-state index < -0.39 is 5.41 Å². The van der Waals surface area contributed by atoms with Crippen LogP contribution in [0.4, 0.5) is 0 Å². The number of fused-ring (bicyclic) bond motifs is 27. The number of rotatable bonds is 11. The molecule has 10 nitrogen and oxygen atoms in total. The molecule has 7 heterocycles. The molecule has 0 bridgehead atoms. The van der Waals surface area contributed by atoms with E-state index in [9.17, 15) is 0 Å². The van der Waals surface area contributed by atoms with Gasteiger partial charge in [0.15, 0.2) is 11.4 Å². The Bertz CT molecular complexity index is 10000. The Balaban J connectivity index is 0.000000106. The fourth-order valence-electron chi connectivity index (χ4n) is 23.6. The van der Waals surface area contributed by atoms with Crippen molar-refractivity contribution >= 4 is 131 Å². The largest absolute Gasteiger partial charge is 0.454 e. The number of furan rings is 1. The van der Waals surface area contributed by atoms with E-state index in [1.54, 1.807) is 0 Å². The molecular formula is C134H87N9O. The van der Waals surface area contributed by atoms with Gasteiger partial charge in [-0.25, -0.2) is 29.9 Å². The molecule has 0 saturated heterocycles. The third-order valence-electron chi connectivity index (χ3n) is 29.8. The highest BCUT2D eigenvalue weighted by Gasteiger charge is 2.48. The number of nitrogens with zero attached hydrogens (tertiary/aromatic N) is 9. The zero-order valence-electron chi connectivity index (χ0n) is 78.7. The molecule has 0 aliphatic heterocycles. The van der Waals surface area contributed by atoms with Crippen molar-refractivity contribution in [3.05, 3.63) is 525 Å². The minimum absolute atomic E-state index is 0.103. The lowest BCUT2D eigenvalue weighted by atomic mass is 9.67. The summed E-state index contributed by atoms with van der Waals surface area (Å²) in [5.41, 5.74) is 39.5. The van der Waals surface area contributed by atoms with Gasteiger partial charge in [-0.1, -0.05) is 414 Å². The molecule has 0 atom stereocenters. The highest BCUT2D eigenvalue weighted by Crippen LogP contribution is 2.61. The third kappa shape index (κ3) is 13.0. The van der Waals surface area contributed by atoms with Gasteiger partial charge in [0, 0.05) is 104 Å². The van der Waals surface area contributed by atoms with Crippen LogP contribution >= 0.6 is 0 Å². The van der Waals surface area contributed by atoms with Crippen LogP contribution in [0.3, 0.4) is 0 Å². The number of para-hydroxylation sites is 4. The van der Waals surface area contributed by atoms with Gasteiger partial charge in [-0.2, -0.15) is 0 Å². The molecule has 28 aromatic rings. The molecule has 21 aromatic carbocycles. The predicted molar refractivity (Wildman–Crippen MR) is 594 cm³/mol. The van der Waals surface area contributed by atoms with Crippen molar-refractivity contribution in [1.29, 1.82) is 0 Å². The van der Waals surface area contributed by atoms with Gasteiger partial charge in [-0.15, -0.1) is 0 Å². The molecule has 7 aromatic heterocycles.